The Morgan fingerprint density at radius 1 is 0.967 bits per heavy atom. The first-order valence-electron chi connectivity index (χ1n) is 9.79. The van der Waals surface area contributed by atoms with E-state index in [1.807, 2.05) is 64.7 Å². The molecule has 6 heteroatoms. The lowest BCUT2D eigenvalue weighted by Crippen LogP contribution is -1.99. The number of fused-ring (bicyclic) bond motifs is 1. The Morgan fingerprint density at radius 3 is 2.60 bits per heavy atom. The summed E-state index contributed by atoms with van der Waals surface area (Å²) >= 11 is 0. The van der Waals surface area contributed by atoms with Gasteiger partial charge in [-0.25, -0.2) is 14.5 Å². The van der Waals surface area contributed by atoms with Crippen molar-refractivity contribution < 1.29 is 4.74 Å². The number of methoxy groups -OCH3 is 1. The summed E-state index contributed by atoms with van der Waals surface area (Å²) in [5.41, 5.74) is 5.98. The van der Waals surface area contributed by atoms with E-state index in [9.17, 15) is 0 Å². The minimum absolute atomic E-state index is 0.621. The molecule has 0 aliphatic heterocycles. The molecular formula is C24H21N5O. The maximum Gasteiger partial charge on any atom is 0.156 e. The van der Waals surface area contributed by atoms with Gasteiger partial charge < -0.3 is 9.30 Å². The molecule has 0 aliphatic rings. The first kappa shape index (κ1) is 18.1. The number of nitrogens with zero attached hydrogens (tertiary/aromatic N) is 5. The fourth-order valence-corrected chi connectivity index (χ4v) is 3.63. The van der Waals surface area contributed by atoms with Crippen LogP contribution in [0.2, 0.25) is 0 Å². The second-order valence-electron chi connectivity index (χ2n) is 7.18. The Morgan fingerprint density at radius 2 is 1.83 bits per heavy atom. The summed E-state index contributed by atoms with van der Waals surface area (Å²) in [4.78, 5) is 9.03. The highest BCUT2D eigenvalue weighted by atomic mass is 16.5. The third kappa shape index (κ3) is 3.33. The molecule has 0 amide bonds. The van der Waals surface area contributed by atoms with E-state index in [1.54, 1.807) is 13.4 Å². The van der Waals surface area contributed by atoms with Crippen LogP contribution in [-0.4, -0.2) is 31.3 Å². The summed E-state index contributed by atoms with van der Waals surface area (Å²) in [5.74, 6) is 1.56. The minimum Gasteiger partial charge on any atom is -0.495 e. The summed E-state index contributed by atoms with van der Waals surface area (Å²) in [6, 6.07) is 22.4. The number of rotatable bonds is 5. The topological polar surface area (TPSA) is 57.2 Å². The second kappa shape index (κ2) is 7.48. The zero-order valence-electron chi connectivity index (χ0n) is 16.9. The van der Waals surface area contributed by atoms with Gasteiger partial charge in [0.1, 0.15) is 5.75 Å². The number of hydrogen-bond acceptors (Lipinski definition) is 4. The molecule has 0 aliphatic carbocycles. The van der Waals surface area contributed by atoms with E-state index in [1.165, 1.54) is 0 Å². The molecule has 0 unspecified atom stereocenters. The largest absolute Gasteiger partial charge is 0.495 e. The minimum atomic E-state index is 0.621. The lowest BCUT2D eigenvalue weighted by molar-refractivity contribution is 0.412. The van der Waals surface area contributed by atoms with Gasteiger partial charge in [0.15, 0.2) is 11.5 Å². The Balaban J connectivity index is 1.49. The monoisotopic (exact) mass is 395 g/mol. The van der Waals surface area contributed by atoms with Gasteiger partial charge in [-0.1, -0.05) is 42.5 Å². The number of imidazole rings is 1. The van der Waals surface area contributed by atoms with Crippen LogP contribution in [-0.2, 0) is 6.42 Å². The van der Waals surface area contributed by atoms with Gasteiger partial charge in [0, 0.05) is 18.2 Å². The van der Waals surface area contributed by atoms with Crippen LogP contribution in [0.5, 0.6) is 5.75 Å². The van der Waals surface area contributed by atoms with Gasteiger partial charge in [-0.2, -0.15) is 5.10 Å². The molecule has 5 aromatic rings. The van der Waals surface area contributed by atoms with Gasteiger partial charge >= 0.3 is 0 Å². The maximum atomic E-state index is 5.63. The molecule has 3 aromatic heterocycles. The van der Waals surface area contributed by atoms with E-state index < -0.39 is 0 Å². The molecule has 0 bridgehead atoms. The van der Waals surface area contributed by atoms with Gasteiger partial charge in [-0.15, -0.1) is 0 Å². The van der Waals surface area contributed by atoms with Crippen molar-refractivity contribution in [2.75, 3.05) is 7.11 Å². The number of hydrogen-bond donors (Lipinski definition) is 0. The van der Waals surface area contributed by atoms with Crippen molar-refractivity contribution in [3.05, 3.63) is 96.3 Å². The molecule has 0 radical (unpaired) electrons. The van der Waals surface area contributed by atoms with Crippen molar-refractivity contribution in [3.8, 4) is 22.7 Å². The Bertz CT molecular complexity index is 1320. The lowest BCUT2D eigenvalue weighted by atomic mass is 10.1. The first-order chi connectivity index (χ1) is 14.7. The summed E-state index contributed by atoms with van der Waals surface area (Å²) in [6.07, 6.45) is 4.39. The zero-order valence-corrected chi connectivity index (χ0v) is 16.9. The Labute approximate surface area is 174 Å². The van der Waals surface area contributed by atoms with Crippen LogP contribution in [0, 0.1) is 6.92 Å². The summed E-state index contributed by atoms with van der Waals surface area (Å²) < 4.78 is 9.50. The number of aryl methyl sites for hydroxylation is 1. The van der Waals surface area contributed by atoms with Crippen molar-refractivity contribution in [1.82, 2.24) is 24.1 Å². The highest BCUT2D eigenvalue weighted by Crippen LogP contribution is 2.26. The summed E-state index contributed by atoms with van der Waals surface area (Å²) in [7, 11) is 1.68. The van der Waals surface area contributed by atoms with Gasteiger partial charge in [-0.3, -0.25) is 0 Å². The maximum absolute atomic E-state index is 5.63. The molecule has 3 heterocycles. The fraction of sp³-hybridized carbons (Fsp3) is 0.125. The predicted octanol–water partition coefficient (Wildman–Crippen LogP) is 4.49. The molecular weight excluding hydrogens is 374 g/mol. The fourth-order valence-electron chi connectivity index (χ4n) is 3.63. The molecule has 0 spiro atoms. The van der Waals surface area contributed by atoms with Gasteiger partial charge in [-0.05, 0) is 36.8 Å². The third-order valence-corrected chi connectivity index (χ3v) is 5.07. The molecule has 2 aromatic carbocycles. The summed E-state index contributed by atoms with van der Waals surface area (Å²) in [5, 5.41) is 4.77. The van der Waals surface area contributed by atoms with E-state index in [0.717, 1.165) is 45.4 Å². The van der Waals surface area contributed by atoms with Crippen LogP contribution in [0.15, 0.2) is 79.3 Å². The van der Waals surface area contributed by atoms with Gasteiger partial charge in [0.05, 0.1) is 30.5 Å². The van der Waals surface area contributed by atoms with E-state index >= 15 is 0 Å². The molecule has 6 nitrogen and oxygen atoms in total. The molecule has 0 N–H and O–H groups in total. The van der Waals surface area contributed by atoms with Crippen LogP contribution in [0.1, 0.15) is 17.1 Å². The zero-order chi connectivity index (χ0) is 20.5. The van der Waals surface area contributed by atoms with Gasteiger partial charge in [0.2, 0.25) is 0 Å². The van der Waals surface area contributed by atoms with E-state index in [4.69, 9.17) is 14.8 Å². The molecule has 148 valence electrons. The average Bonchev–Trinajstić information content (AvgIpc) is 3.39. The standard InChI is InChI=1S/C24H21N5O/c1-17-15-28(16-25-17)21-12-11-18(13-22(21)30-2)14-23-26-24-10-6-9-20(29(24)27-23)19-7-4-3-5-8-19/h3-13,15-16H,14H2,1-2H3. The number of pyridine rings is 1. The van der Waals surface area contributed by atoms with Crippen LogP contribution in [0.4, 0.5) is 0 Å². The number of ether oxygens (including phenoxy) is 1. The van der Waals surface area contributed by atoms with Crippen LogP contribution in [0.3, 0.4) is 0 Å². The van der Waals surface area contributed by atoms with Crippen molar-refractivity contribution in [2.24, 2.45) is 0 Å². The molecule has 0 atom stereocenters. The van der Waals surface area contributed by atoms with E-state index in [2.05, 4.69) is 29.2 Å². The van der Waals surface area contributed by atoms with Crippen molar-refractivity contribution in [3.63, 3.8) is 0 Å². The van der Waals surface area contributed by atoms with E-state index in [0.29, 0.717) is 6.42 Å². The Hall–Kier alpha value is -3.93. The second-order valence-corrected chi connectivity index (χ2v) is 7.18. The third-order valence-electron chi connectivity index (χ3n) is 5.07. The lowest BCUT2D eigenvalue weighted by Gasteiger charge is -2.10. The molecule has 0 saturated heterocycles. The molecule has 30 heavy (non-hydrogen) atoms. The van der Waals surface area contributed by atoms with Crippen molar-refractivity contribution >= 4 is 5.65 Å². The molecule has 5 rings (SSSR count). The highest BCUT2D eigenvalue weighted by Gasteiger charge is 2.12. The van der Waals surface area contributed by atoms with Gasteiger partial charge in [0.25, 0.3) is 0 Å². The number of aromatic nitrogens is 5. The first-order valence-corrected chi connectivity index (χ1v) is 9.79. The predicted molar refractivity (Wildman–Crippen MR) is 116 cm³/mol. The van der Waals surface area contributed by atoms with Crippen molar-refractivity contribution in [1.29, 1.82) is 0 Å². The highest BCUT2D eigenvalue weighted by molar-refractivity contribution is 5.62. The Kier molecular flexibility index (Phi) is 4.52. The SMILES string of the molecule is COc1cc(Cc2nc3cccc(-c4ccccc4)n3n2)ccc1-n1cnc(C)c1. The van der Waals surface area contributed by atoms with Crippen molar-refractivity contribution in [2.45, 2.75) is 13.3 Å². The smallest absolute Gasteiger partial charge is 0.156 e. The average molecular weight is 395 g/mol. The quantitative estimate of drug-likeness (QED) is 0.440. The number of benzene rings is 2. The van der Waals surface area contributed by atoms with Crippen LogP contribution < -0.4 is 4.74 Å². The normalized spacial score (nSPS) is 11.1. The summed E-state index contributed by atoms with van der Waals surface area (Å²) in [6.45, 7) is 1.97. The van der Waals surface area contributed by atoms with Crippen LogP contribution >= 0.6 is 0 Å². The molecule has 0 fully saturated rings. The molecule has 0 saturated carbocycles. The van der Waals surface area contributed by atoms with E-state index in [-0.39, 0.29) is 0 Å². The van der Waals surface area contributed by atoms with Crippen LogP contribution in [0.25, 0.3) is 22.6 Å².